The Morgan fingerprint density at radius 3 is 2.48 bits per heavy atom. The van der Waals surface area contributed by atoms with Gasteiger partial charge in [0.1, 0.15) is 11.6 Å². The summed E-state index contributed by atoms with van der Waals surface area (Å²) in [7, 11) is 3.32. The lowest BCUT2D eigenvalue weighted by Crippen LogP contribution is -2.36. The molecule has 23 heavy (non-hydrogen) atoms. The molecule has 0 spiro atoms. The third-order valence-electron chi connectivity index (χ3n) is 3.30. The van der Waals surface area contributed by atoms with E-state index in [9.17, 15) is 4.39 Å². The van der Waals surface area contributed by atoms with E-state index < -0.39 is 0 Å². The van der Waals surface area contributed by atoms with Gasteiger partial charge in [-0.15, -0.1) is 0 Å². The second-order valence-electron chi connectivity index (χ2n) is 4.86. The summed E-state index contributed by atoms with van der Waals surface area (Å²) < 4.78 is 19.7. The van der Waals surface area contributed by atoms with Gasteiger partial charge in [-0.05, 0) is 35.9 Å². The lowest BCUT2D eigenvalue weighted by molar-refractivity contribution is 0.414. The average Bonchev–Trinajstić information content (AvgIpc) is 2.58. The van der Waals surface area contributed by atoms with Crippen LogP contribution in [0.15, 0.2) is 51.9 Å². The first-order chi connectivity index (χ1) is 11.1. The number of hydrogen-bond acceptors (Lipinski definition) is 2. The van der Waals surface area contributed by atoms with Crippen molar-refractivity contribution in [2.75, 3.05) is 14.2 Å². The zero-order chi connectivity index (χ0) is 16.7. The highest BCUT2D eigenvalue weighted by Gasteiger charge is 2.04. The van der Waals surface area contributed by atoms with Crippen LogP contribution in [0.2, 0.25) is 0 Å². The second-order valence-corrected chi connectivity index (χ2v) is 5.78. The van der Waals surface area contributed by atoms with E-state index in [2.05, 4.69) is 31.6 Å². The van der Waals surface area contributed by atoms with E-state index in [1.807, 2.05) is 24.3 Å². The number of halogens is 2. The number of rotatable bonds is 5. The van der Waals surface area contributed by atoms with Gasteiger partial charge in [-0.1, -0.05) is 28.1 Å². The van der Waals surface area contributed by atoms with Crippen molar-refractivity contribution in [1.29, 1.82) is 0 Å². The van der Waals surface area contributed by atoms with Crippen molar-refractivity contribution in [3.8, 4) is 5.75 Å². The van der Waals surface area contributed by atoms with Crippen molar-refractivity contribution in [1.82, 2.24) is 10.6 Å². The molecule has 0 unspecified atom stereocenters. The Balaban J connectivity index is 1.89. The molecule has 0 saturated carbocycles. The zero-order valence-corrected chi connectivity index (χ0v) is 14.7. The number of nitrogens with zero attached hydrogens (tertiary/aromatic N) is 1. The van der Waals surface area contributed by atoms with Gasteiger partial charge in [0.15, 0.2) is 5.96 Å². The van der Waals surface area contributed by atoms with Crippen LogP contribution in [0.3, 0.4) is 0 Å². The minimum atomic E-state index is -0.244. The van der Waals surface area contributed by atoms with E-state index in [1.54, 1.807) is 26.3 Å². The standard InChI is InChI=1S/C17H19BrFN3O/c1-20-17(21-10-12-3-6-15(23-2)7-4-12)22-11-13-9-14(18)5-8-16(13)19/h3-9H,10-11H2,1-2H3,(H2,20,21,22). The summed E-state index contributed by atoms with van der Waals surface area (Å²) in [5.41, 5.74) is 1.68. The Hall–Kier alpha value is -2.08. The zero-order valence-electron chi connectivity index (χ0n) is 13.1. The van der Waals surface area contributed by atoms with E-state index in [0.717, 1.165) is 15.8 Å². The number of benzene rings is 2. The quantitative estimate of drug-likeness (QED) is 0.617. The molecule has 0 bridgehead atoms. The summed E-state index contributed by atoms with van der Waals surface area (Å²) in [6.45, 7) is 0.970. The van der Waals surface area contributed by atoms with Crippen LogP contribution in [0.25, 0.3) is 0 Å². The van der Waals surface area contributed by atoms with Gasteiger partial charge in [0.05, 0.1) is 7.11 Å². The summed E-state index contributed by atoms with van der Waals surface area (Å²) in [6.07, 6.45) is 0. The second kappa shape index (κ2) is 8.53. The van der Waals surface area contributed by atoms with E-state index in [0.29, 0.717) is 24.6 Å². The average molecular weight is 380 g/mol. The van der Waals surface area contributed by atoms with Crippen LogP contribution in [0, 0.1) is 5.82 Å². The summed E-state index contributed by atoms with van der Waals surface area (Å²) in [6, 6.07) is 12.6. The van der Waals surface area contributed by atoms with Gasteiger partial charge in [-0.25, -0.2) is 4.39 Å². The molecule has 4 nitrogen and oxygen atoms in total. The lowest BCUT2D eigenvalue weighted by atomic mass is 10.2. The summed E-state index contributed by atoms with van der Waals surface area (Å²) in [4.78, 5) is 4.14. The van der Waals surface area contributed by atoms with Crippen LogP contribution in [0.1, 0.15) is 11.1 Å². The monoisotopic (exact) mass is 379 g/mol. The van der Waals surface area contributed by atoms with E-state index >= 15 is 0 Å². The normalized spacial score (nSPS) is 11.2. The molecule has 2 N–H and O–H groups in total. The van der Waals surface area contributed by atoms with Crippen LogP contribution in [-0.4, -0.2) is 20.1 Å². The third-order valence-corrected chi connectivity index (χ3v) is 3.79. The Bertz CT molecular complexity index is 674. The minimum Gasteiger partial charge on any atom is -0.497 e. The molecular weight excluding hydrogens is 361 g/mol. The first kappa shape index (κ1) is 17.3. The first-order valence-corrected chi connectivity index (χ1v) is 7.93. The summed E-state index contributed by atoms with van der Waals surface area (Å²) >= 11 is 3.34. The molecule has 0 atom stereocenters. The molecule has 0 aliphatic carbocycles. The van der Waals surface area contributed by atoms with Crippen LogP contribution in [-0.2, 0) is 13.1 Å². The van der Waals surface area contributed by atoms with Crippen LogP contribution >= 0.6 is 15.9 Å². The predicted molar refractivity (Wildman–Crippen MR) is 94.1 cm³/mol. The van der Waals surface area contributed by atoms with Crippen molar-refractivity contribution in [2.24, 2.45) is 4.99 Å². The highest BCUT2D eigenvalue weighted by Crippen LogP contribution is 2.15. The maximum atomic E-state index is 13.7. The maximum Gasteiger partial charge on any atom is 0.191 e. The molecule has 0 amide bonds. The van der Waals surface area contributed by atoms with Crippen molar-refractivity contribution >= 4 is 21.9 Å². The summed E-state index contributed by atoms with van der Waals surface area (Å²) in [5, 5.41) is 6.29. The molecule has 0 aliphatic heterocycles. The molecule has 0 fully saturated rings. The topological polar surface area (TPSA) is 45.7 Å². The van der Waals surface area contributed by atoms with Crippen molar-refractivity contribution in [3.63, 3.8) is 0 Å². The smallest absolute Gasteiger partial charge is 0.191 e. The van der Waals surface area contributed by atoms with E-state index in [1.165, 1.54) is 6.07 Å². The fraction of sp³-hybridized carbons (Fsp3) is 0.235. The van der Waals surface area contributed by atoms with Crippen molar-refractivity contribution in [3.05, 3.63) is 63.9 Å². The molecule has 0 aromatic heterocycles. The lowest BCUT2D eigenvalue weighted by Gasteiger charge is -2.13. The van der Waals surface area contributed by atoms with Crippen LogP contribution in [0.5, 0.6) is 5.75 Å². The van der Waals surface area contributed by atoms with Gasteiger partial charge in [-0.3, -0.25) is 4.99 Å². The third kappa shape index (κ3) is 5.25. The Labute approximate surface area is 143 Å². The molecule has 2 aromatic carbocycles. The maximum absolute atomic E-state index is 13.7. The molecule has 0 heterocycles. The van der Waals surface area contributed by atoms with Gasteiger partial charge in [0.25, 0.3) is 0 Å². The molecule has 2 rings (SSSR count). The molecule has 2 aromatic rings. The fourth-order valence-electron chi connectivity index (χ4n) is 2.01. The molecule has 0 radical (unpaired) electrons. The van der Waals surface area contributed by atoms with E-state index in [-0.39, 0.29) is 5.82 Å². The fourth-order valence-corrected chi connectivity index (χ4v) is 2.42. The number of nitrogens with one attached hydrogen (secondary N) is 2. The Kier molecular flexibility index (Phi) is 6.40. The molecular formula is C17H19BrFN3O. The Morgan fingerprint density at radius 2 is 1.83 bits per heavy atom. The minimum absolute atomic E-state index is 0.244. The van der Waals surface area contributed by atoms with E-state index in [4.69, 9.17) is 4.74 Å². The van der Waals surface area contributed by atoms with Crippen molar-refractivity contribution in [2.45, 2.75) is 13.1 Å². The van der Waals surface area contributed by atoms with Gasteiger partial charge in [-0.2, -0.15) is 0 Å². The van der Waals surface area contributed by atoms with Gasteiger partial charge >= 0.3 is 0 Å². The van der Waals surface area contributed by atoms with Gasteiger partial charge in [0.2, 0.25) is 0 Å². The molecule has 0 saturated heterocycles. The van der Waals surface area contributed by atoms with Crippen LogP contribution < -0.4 is 15.4 Å². The number of guanidine groups is 1. The predicted octanol–water partition coefficient (Wildman–Crippen LogP) is 3.46. The summed E-state index contributed by atoms with van der Waals surface area (Å²) in [5.74, 6) is 1.19. The number of ether oxygens (including phenoxy) is 1. The van der Waals surface area contributed by atoms with Crippen LogP contribution in [0.4, 0.5) is 4.39 Å². The SMILES string of the molecule is CN=C(NCc1ccc(OC)cc1)NCc1cc(Br)ccc1F. The Morgan fingerprint density at radius 1 is 1.13 bits per heavy atom. The van der Waals surface area contributed by atoms with Crippen molar-refractivity contribution < 1.29 is 9.13 Å². The highest BCUT2D eigenvalue weighted by atomic mass is 79.9. The largest absolute Gasteiger partial charge is 0.497 e. The van der Waals surface area contributed by atoms with Gasteiger partial charge in [0, 0.05) is 30.2 Å². The number of methoxy groups -OCH3 is 1. The molecule has 0 aliphatic rings. The first-order valence-electron chi connectivity index (χ1n) is 7.13. The highest BCUT2D eigenvalue weighted by molar-refractivity contribution is 9.10. The number of aliphatic imine (C=N–C) groups is 1. The number of hydrogen-bond donors (Lipinski definition) is 2. The van der Waals surface area contributed by atoms with Gasteiger partial charge < -0.3 is 15.4 Å². The molecule has 122 valence electrons. The molecule has 6 heteroatoms.